The average Bonchev–Trinajstić information content (AvgIpc) is 3.11. The number of aryl methyl sites for hydroxylation is 1. The molecule has 1 nitrogen and oxygen atoms in total. The topological polar surface area (TPSA) is 12.0 Å². The average molecular weight is 235 g/mol. The standard InChI is InChI=1S/C14H21NS/c1-11-3-7-13(8-4-11)16-14(9-10-15-2)12-5-6-12/h3-4,7-8,12,14-15H,5-6,9-10H2,1-2H3. The molecule has 1 unspecified atom stereocenters. The fourth-order valence-corrected chi connectivity index (χ4v) is 3.28. The second-order valence-corrected chi connectivity index (χ2v) is 6.01. The molecule has 0 saturated heterocycles. The summed E-state index contributed by atoms with van der Waals surface area (Å²) in [5, 5.41) is 4.08. The molecule has 1 fully saturated rings. The molecule has 0 amide bonds. The molecule has 0 spiro atoms. The molecule has 0 bridgehead atoms. The van der Waals surface area contributed by atoms with Gasteiger partial charge in [-0.15, -0.1) is 11.8 Å². The summed E-state index contributed by atoms with van der Waals surface area (Å²) in [6.45, 7) is 3.29. The van der Waals surface area contributed by atoms with Crippen molar-refractivity contribution in [1.82, 2.24) is 5.32 Å². The van der Waals surface area contributed by atoms with Crippen LogP contribution in [0.4, 0.5) is 0 Å². The van der Waals surface area contributed by atoms with Crippen LogP contribution in [0.15, 0.2) is 29.2 Å². The second kappa shape index (κ2) is 5.74. The molecule has 16 heavy (non-hydrogen) atoms. The van der Waals surface area contributed by atoms with Crippen LogP contribution in [-0.4, -0.2) is 18.8 Å². The normalized spacial score (nSPS) is 17.4. The van der Waals surface area contributed by atoms with Crippen molar-refractivity contribution in [3.8, 4) is 0 Å². The molecule has 0 aromatic heterocycles. The Hall–Kier alpha value is -0.470. The van der Waals surface area contributed by atoms with Crippen LogP contribution in [-0.2, 0) is 0 Å². The molecule has 1 aromatic rings. The number of benzene rings is 1. The minimum atomic E-state index is 0.815. The van der Waals surface area contributed by atoms with E-state index in [-0.39, 0.29) is 0 Å². The first-order chi connectivity index (χ1) is 7.79. The fraction of sp³-hybridized carbons (Fsp3) is 0.571. The maximum Gasteiger partial charge on any atom is 0.0135 e. The predicted octanol–water partition coefficient (Wildman–Crippen LogP) is 3.48. The van der Waals surface area contributed by atoms with E-state index in [1.165, 1.54) is 29.7 Å². The van der Waals surface area contributed by atoms with E-state index < -0.39 is 0 Å². The molecule has 1 N–H and O–H groups in total. The van der Waals surface area contributed by atoms with E-state index in [4.69, 9.17) is 0 Å². The molecule has 1 aliphatic rings. The fourth-order valence-electron chi connectivity index (χ4n) is 1.94. The lowest BCUT2D eigenvalue weighted by molar-refractivity contribution is 0.646. The first-order valence-corrected chi connectivity index (χ1v) is 7.05. The lowest BCUT2D eigenvalue weighted by Gasteiger charge is -2.15. The third kappa shape index (κ3) is 3.53. The van der Waals surface area contributed by atoms with Crippen molar-refractivity contribution in [2.24, 2.45) is 5.92 Å². The molecule has 88 valence electrons. The zero-order chi connectivity index (χ0) is 11.4. The Bertz CT molecular complexity index is 316. The van der Waals surface area contributed by atoms with E-state index in [1.54, 1.807) is 0 Å². The Kier molecular flexibility index (Phi) is 4.30. The number of nitrogens with one attached hydrogen (secondary N) is 1. The molecule has 1 aliphatic carbocycles. The SMILES string of the molecule is CNCCC(Sc1ccc(C)cc1)C1CC1. The van der Waals surface area contributed by atoms with Crippen molar-refractivity contribution < 1.29 is 0 Å². The maximum absolute atomic E-state index is 3.26. The number of rotatable bonds is 6. The highest BCUT2D eigenvalue weighted by Crippen LogP contribution is 2.43. The summed E-state index contributed by atoms with van der Waals surface area (Å²) in [5.41, 5.74) is 1.35. The van der Waals surface area contributed by atoms with Gasteiger partial charge in [0.2, 0.25) is 0 Å². The van der Waals surface area contributed by atoms with Crippen LogP contribution in [0.3, 0.4) is 0 Å². The van der Waals surface area contributed by atoms with Crippen LogP contribution in [0.5, 0.6) is 0 Å². The van der Waals surface area contributed by atoms with Crippen LogP contribution < -0.4 is 5.32 Å². The van der Waals surface area contributed by atoms with Crippen LogP contribution >= 0.6 is 11.8 Å². The molecular formula is C14H21NS. The van der Waals surface area contributed by atoms with Crippen LogP contribution in [0, 0.1) is 12.8 Å². The monoisotopic (exact) mass is 235 g/mol. The van der Waals surface area contributed by atoms with Gasteiger partial charge in [-0.2, -0.15) is 0 Å². The largest absolute Gasteiger partial charge is 0.320 e. The summed E-state index contributed by atoms with van der Waals surface area (Å²) < 4.78 is 0. The second-order valence-electron chi connectivity index (χ2n) is 4.70. The van der Waals surface area contributed by atoms with Crippen molar-refractivity contribution in [2.75, 3.05) is 13.6 Å². The third-order valence-corrected chi connectivity index (χ3v) is 4.60. The van der Waals surface area contributed by atoms with Crippen molar-refractivity contribution >= 4 is 11.8 Å². The highest BCUT2D eigenvalue weighted by Gasteiger charge is 2.31. The van der Waals surface area contributed by atoms with E-state index >= 15 is 0 Å². The molecule has 0 aliphatic heterocycles. The molecule has 1 atom stereocenters. The van der Waals surface area contributed by atoms with Gasteiger partial charge in [0, 0.05) is 10.1 Å². The van der Waals surface area contributed by atoms with E-state index in [1.807, 2.05) is 7.05 Å². The van der Waals surface area contributed by atoms with E-state index in [9.17, 15) is 0 Å². The summed E-state index contributed by atoms with van der Waals surface area (Å²) in [6, 6.07) is 8.94. The summed E-state index contributed by atoms with van der Waals surface area (Å²) in [7, 11) is 2.04. The lowest BCUT2D eigenvalue weighted by Crippen LogP contribution is -2.16. The van der Waals surface area contributed by atoms with Gasteiger partial charge < -0.3 is 5.32 Å². The Morgan fingerprint density at radius 3 is 2.56 bits per heavy atom. The number of thioether (sulfide) groups is 1. The summed E-state index contributed by atoms with van der Waals surface area (Å²) in [6.07, 6.45) is 4.17. The maximum atomic E-state index is 3.26. The first kappa shape index (κ1) is 12.0. The lowest BCUT2D eigenvalue weighted by atomic mass is 10.2. The summed E-state index contributed by atoms with van der Waals surface area (Å²) >= 11 is 2.07. The highest BCUT2D eigenvalue weighted by atomic mass is 32.2. The third-order valence-electron chi connectivity index (χ3n) is 3.14. The Morgan fingerprint density at radius 2 is 2.00 bits per heavy atom. The van der Waals surface area contributed by atoms with E-state index in [0.717, 1.165) is 17.7 Å². The van der Waals surface area contributed by atoms with E-state index in [2.05, 4.69) is 48.3 Å². The first-order valence-electron chi connectivity index (χ1n) is 6.17. The molecule has 1 saturated carbocycles. The molecular weight excluding hydrogens is 214 g/mol. The van der Waals surface area contributed by atoms with Gasteiger partial charge in [0.25, 0.3) is 0 Å². The van der Waals surface area contributed by atoms with Gasteiger partial charge in [0.15, 0.2) is 0 Å². The van der Waals surface area contributed by atoms with Crippen molar-refractivity contribution in [2.45, 2.75) is 36.3 Å². The zero-order valence-corrected chi connectivity index (χ0v) is 11.0. The van der Waals surface area contributed by atoms with Gasteiger partial charge in [-0.25, -0.2) is 0 Å². The zero-order valence-electron chi connectivity index (χ0n) is 10.2. The Labute approximate surface area is 103 Å². The number of hydrogen-bond acceptors (Lipinski definition) is 2. The van der Waals surface area contributed by atoms with Crippen molar-refractivity contribution in [3.63, 3.8) is 0 Å². The van der Waals surface area contributed by atoms with Gasteiger partial charge in [-0.3, -0.25) is 0 Å². The van der Waals surface area contributed by atoms with E-state index in [0.29, 0.717) is 0 Å². The van der Waals surface area contributed by atoms with Crippen LogP contribution in [0.25, 0.3) is 0 Å². The Morgan fingerprint density at radius 1 is 1.31 bits per heavy atom. The quantitative estimate of drug-likeness (QED) is 0.758. The van der Waals surface area contributed by atoms with Gasteiger partial charge in [-0.05, 0) is 57.8 Å². The Balaban J connectivity index is 1.91. The number of hydrogen-bond donors (Lipinski definition) is 1. The van der Waals surface area contributed by atoms with Crippen molar-refractivity contribution in [3.05, 3.63) is 29.8 Å². The van der Waals surface area contributed by atoms with Gasteiger partial charge >= 0.3 is 0 Å². The predicted molar refractivity (Wildman–Crippen MR) is 72.1 cm³/mol. The summed E-state index contributed by atoms with van der Waals surface area (Å²) in [5.74, 6) is 0.972. The van der Waals surface area contributed by atoms with Crippen LogP contribution in [0.1, 0.15) is 24.8 Å². The highest BCUT2D eigenvalue weighted by molar-refractivity contribution is 8.00. The van der Waals surface area contributed by atoms with Gasteiger partial charge in [-0.1, -0.05) is 17.7 Å². The minimum Gasteiger partial charge on any atom is -0.320 e. The van der Waals surface area contributed by atoms with Crippen molar-refractivity contribution in [1.29, 1.82) is 0 Å². The smallest absolute Gasteiger partial charge is 0.0135 e. The molecule has 2 rings (SSSR count). The molecule has 0 heterocycles. The summed E-state index contributed by atoms with van der Waals surface area (Å²) in [4.78, 5) is 1.43. The van der Waals surface area contributed by atoms with Crippen LogP contribution in [0.2, 0.25) is 0 Å². The van der Waals surface area contributed by atoms with Gasteiger partial charge in [0.05, 0.1) is 0 Å². The molecule has 0 radical (unpaired) electrons. The molecule has 2 heteroatoms. The minimum absolute atomic E-state index is 0.815. The van der Waals surface area contributed by atoms with Gasteiger partial charge in [0.1, 0.15) is 0 Å². The molecule has 1 aromatic carbocycles.